The van der Waals surface area contributed by atoms with E-state index in [2.05, 4.69) is 5.10 Å². The first kappa shape index (κ1) is 12.8. The van der Waals surface area contributed by atoms with Crippen molar-refractivity contribution in [3.63, 3.8) is 0 Å². The van der Waals surface area contributed by atoms with E-state index in [4.69, 9.17) is 10.00 Å². The summed E-state index contributed by atoms with van der Waals surface area (Å²) in [5.74, 6) is -0.0700. The average molecular weight is 262 g/mol. The third-order valence-corrected chi connectivity index (χ3v) is 2.82. The number of nitriles is 1. The lowest BCUT2D eigenvalue weighted by Crippen LogP contribution is -2.22. The van der Waals surface area contributed by atoms with Gasteiger partial charge >= 0.3 is 5.69 Å². The Hall–Kier alpha value is -2.62. The molecule has 0 saturated heterocycles. The molecular formula is C12H11FN4O2. The summed E-state index contributed by atoms with van der Waals surface area (Å²) in [6, 6.07) is 4.12. The molecule has 98 valence electrons. The van der Waals surface area contributed by atoms with Gasteiger partial charge in [-0.05, 0) is 13.0 Å². The molecule has 0 aliphatic heterocycles. The zero-order valence-electron chi connectivity index (χ0n) is 10.6. The lowest BCUT2D eigenvalue weighted by Gasteiger charge is -2.07. The summed E-state index contributed by atoms with van der Waals surface area (Å²) in [7, 11) is 2.91. The molecule has 0 aliphatic carbocycles. The molecule has 2 aromatic rings. The minimum Gasteiger partial charge on any atom is -0.495 e. The summed E-state index contributed by atoms with van der Waals surface area (Å²) in [5.41, 5.74) is -0.461. The van der Waals surface area contributed by atoms with E-state index in [1.165, 1.54) is 17.7 Å². The molecule has 7 heteroatoms. The molecule has 6 nitrogen and oxygen atoms in total. The number of aryl methyl sites for hydroxylation is 1. The van der Waals surface area contributed by atoms with Gasteiger partial charge in [-0.3, -0.25) is 4.57 Å². The van der Waals surface area contributed by atoms with E-state index in [9.17, 15) is 9.18 Å². The smallest absolute Gasteiger partial charge is 0.350 e. The Balaban J connectivity index is 2.73. The van der Waals surface area contributed by atoms with E-state index in [0.29, 0.717) is 5.82 Å². The highest BCUT2D eigenvalue weighted by atomic mass is 19.1. The van der Waals surface area contributed by atoms with Crippen LogP contribution in [0.1, 0.15) is 11.4 Å². The Morgan fingerprint density at radius 3 is 2.63 bits per heavy atom. The lowest BCUT2D eigenvalue weighted by molar-refractivity contribution is 0.411. The number of hydrogen-bond acceptors (Lipinski definition) is 4. The second kappa shape index (κ2) is 4.57. The molecule has 1 aromatic heterocycles. The molecule has 0 spiro atoms. The van der Waals surface area contributed by atoms with Crippen LogP contribution >= 0.6 is 0 Å². The summed E-state index contributed by atoms with van der Waals surface area (Å²) in [6.45, 7) is 1.64. The molecule has 0 fully saturated rings. The van der Waals surface area contributed by atoms with Crippen LogP contribution in [0.2, 0.25) is 0 Å². The van der Waals surface area contributed by atoms with Crippen molar-refractivity contribution in [3.8, 4) is 17.5 Å². The van der Waals surface area contributed by atoms with Gasteiger partial charge in [-0.25, -0.2) is 9.18 Å². The number of halogens is 1. The fourth-order valence-corrected chi connectivity index (χ4v) is 1.65. The maximum Gasteiger partial charge on any atom is 0.350 e. The SMILES string of the molecule is COc1cc(-n2nc(C)n(C)c2=O)c(F)cc1C#N. The van der Waals surface area contributed by atoms with Crippen LogP contribution in [0.3, 0.4) is 0 Å². The van der Waals surface area contributed by atoms with Gasteiger partial charge in [-0.15, -0.1) is 0 Å². The quantitative estimate of drug-likeness (QED) is 0.806. The van der Waals surface area contributed by atoms with Crippen molar-refractivity contribution in [1.29, 1.82) is 5.26 Å². The third-order valence-electron chi connectivity index (χ3n) is 2.82. The van der Waals surface area contributed by atoms with Crippen molar-refractivity contribution in [3.05, 3.63) is 39.8 Å². The lowest BCUT2D eigenvalue weighted by atomic mass is 10.2. The molecular weight excluding hydrogens is 251 g/mol. The number of nitrogens with zero attached hydrogens (tertiary/aromatic N) is 4. The van der Waals surface area contributed by atoms with E-state index in [1.807, 2.05) is 6.07 Å². The first-order valence-electron chi connectivity index (χ1n) is 5.40. The molecule has 0 N–H and O–H groups in total. The summed E-state index contributed by atoms with van der Waals surface area (Å²) >= 11 is 0. The average Bonchev–Trinajstić information content (AvgIpc) is 2.66. The highest BCUT2D eigenvalue weighted by Crippen LogP contribution is 2.23. The van der Waals surface area contributed by atoms with Gasteiger partial charge in [-0.2, -0.15) is 15.0 Å². The number of benzene rings is 1. The van der Waals surface area contributed by atoms with Crippen LogP contribution < -0.4 is 10.4 Å². The summed E-state index contributed by atoms with van der Waals surface area (Å²) < 4.78 is 21.2. The van der Waals surface area contributed by atoms with Crippen molar-refractivity contribution >= 4 is 0 Å². The number of rotatable bonds is 2. The second-order valence-corrected chi connectivity index (χ2v) is 3.92. The standard InChI is InChI=1S/C12H11FN4O2/c1-7-15-17(12(18)16(7)2)10-5-11(19-3)8(6-14)4-9(10)13/h4-5H,1-3H3. The van der Waals surface area contributed by atoms with Crippen molar-refractivity contribution in [2.24, 2.45) is 7.05 Å². The normalized spacial score (nSPS) is 10.3. The number of aromatic nitrogens is 3. The molecule has 2 rings (SSSR count). The van der Waals surface area contributed by atoms with Crippen LogP contribution in [0.15, 0.2) is 16.9 Å². The van der Waals surface area contributed by atoms with Crippen LogP contribution in [0.25, 0.3) is 5.69 Å². The first-order valence-corrected chi connectivity index (χ1v) is 5.40. The Bertz CT molecular complexity index is 739. The minimum absolute atomic E-state index is 0.0513. The van der Waals surface area contributed by atoms with Crippen LogP contribution in [0, 0.1) is 24.1 Å². The van der Waals surface area contributed by atoms with Crippen LogP contribution in [0.4, 0.5) is 4.39 Å². The molecule has 1 heterocycles. The Kier molecular flexibility index (Phi) is 3.09. The van der Waals surface area contributed by atoms with Gasteiger partial charge in [-0.1, -0.05) is 0 Å². The predicted molar refractivity (Wildman–Crippen MR) is 64.8 cm³/mol. The summed E-state index contributed by atoms with van der Waals surface area (Å²) in [5, 5.41) is 12.8. The summed E-state index contributed by atoms with van der Waals surface area (Å²) in [6.07, 6.45) is 0. The molecule has 0 amide bonds. The third kappa shape index (κ3) is 1.97. The molecule has 0 aliphatic rings. The Morgan fingerprint density at radius 1 is 1.47 bits per heavy atom. The van der Waals surface area contributed by atoms with Gasteiger partial charge in [0.05, 0.1) is 12.7 Å². The van der Waals surface area contributed by atoms with Crippen LogP contribution in [-0.4, -0.2) is 21.5 Å². The fraction of sp³-hybridized carbons (Fsp3) is 0.250. The predicted octanol–water partition coefficient (Wildman–Crippen LogP) is 0.899. The zero-order valence-corrected chi connectivity index (χ0v) is 10.6. The van der Waals surface area contributed by atoms with Gasteiger partial charge in [0.2, 0.25) is 0 Å². The molecule has 19 heavy (non-hydrogen) atoms. The zero-order chi connectivity index (χ0) is 14.2. The highest BCUT2D eigenvalue weighted by molar-refractivity contribution is 5.50. The first-order chi connectivity index (χ1) is 8.99. The largest absolute Gasteiger partial charge is 0.495 e. The maximum absolute atomic E-state index is 13.9. The summed E-state index contributed by atoms with van der Waals surface area (Å²) in [4.78, 5) is 11.9. The molecule has 0 bridgehead atoms. The Labute approximate surface area is 108 Å². The van der Waals surface area contributed by atoms with Crippen molar-refractivity contribution in [2.75, 3.05) is 7.11 Å². The van der Waals surface area contributed by atoms with Gasteiger partial charge in [0.15, 0.2) is 5.82 Å². The number of hydrogen-bond donors (Lipinski definition) is 0. The van der Waals surface area contributed by atoms with Crippen molar-refractivity contribution in [1.82, 2.24) is 14.3 Å². The van der Waals surface area contributed by atoms with Gasteiger partial charge < -0.3 is 4.74 Å². The van der Waals surface area contributed by atoms with Crippen LogP contribution in [0.5, 0.6) is 5.75 Å². The van der Waals surface area contributed by atoms with Crippen LogP contribution in [-0.2, 0) is 7.05 Å². The van der Waals surface area contributed by atoms with Crippen molar-refractivity contribution in [2.45, 2.75) is 6.92 Å². The fourth-order valence-electron chi connectivity index (χ4n) is 1.65. The second-order valence-electron chi connectivity index (χ2n) is 3.92. The molecule has 1 aromatic carbocycles. The molecule has 0 saturated carbocycles. The number of ether oxygens (including phenoxy) is 1. The number of methoxy groups -OCH3 is 1. The Morgan fingerprint density at radius 2 is 2.16 bits per heavy atom. The van der Waals surface area contributed by atoms with E-state index in [1.54, 1.807) is 14.0 Å². The molecule has 0 unspecified atom stereocenters. The van der Waals surface area contributed by atoms with Gasteiger partial charge in [0, 0.05) is 13.1 Å². The minimum atomic E-state index is -0.711. The van der Waals surface area contributed by atoms with E-state index in [-0.39, 0.29) is 17.0 Å². The van der Waals surface area contributed by atoms with Gasteiger partial charge in [0.1, 0.15) is 23.3 Å². The van der Waals surface area contributed by atoms with E-state index in [0.717, 1.165) is 10.7 Å². The molecule has 0 atom stereocenters. The van der Waals surface area contributed by atoms with E-state index >= 15 is 0 Å². The van der Waals surface area contributed by atoms with E-state index < -0.39 is 11.5 Å². The monoisotopic (exact) mass is 262 g/mol. The maximum atomic E-state index is 13.9. The van der Waals surface area contributed by atoms with Crippen molar-refractivity contribution < 1.29 is 9.13 Å². The molecule has 0 radical (unpaired) electrons. The highest BCUT2D eigenvalue weighted by Gasteiger charge is 2.16. The topological polar surface area (TPSA) is 72.8 Å². The van der Waals surface area contributed by atoms with Gasteiger partial charge in [0.25, 0.3) is 0 Å².